The highest BCUT2D eigenvalue weighted by atomic mass is 16.1. The van der Waals surface area contributed by atoms with Gasteiger partial charge in [0.15, 0.2) is 0 Å². The highest BCUT2D eigenvalue weighted by molar-refractivity contribution is 5.48. The van der Waals surface area contributed by atoms with Crippen molar-refractivity contribution in [2.24, 2.45) is 0 Å². The van der Waals surface area contributed by atoms with E-state index in [9.17, 15) is 4.79 Å². The molecule has 0 aliphatic carbocycles. The molecule has 1 rings (SSSR count). The molecule has 0 aromatic rings. The van der Waals surface area contributed by atoms with Crippen LogP contribution in [0.4, 0.5) is 0 Å². The summed E-state index contributed by atoms with van der Waals surface area (Å²) in [6, 6.07) is 0. The maximum absolute atomic E-state index is 10.5. The summed E-state index contributed by atoms with van der Waals surface area (Å²) in [7, 11) is 2.14. The summed E-state index contributed by atoms with van der Waals surface area (Å²) in [5.74, 6) is 0. The van der Waals surface area contributed by atoms with Crippen molar-refractivity contribution >= 4 is 6.41 Å². The van der Waals surface area contributed by atoms with Crippen LogP contribution >= 0.6 is 0 Å². The lowest BCUT2D eigenvalue weighted by molar-refractivity contribution is -0.111. The van der Waals surface area contributed by atoms with E-state index in [0.717, 1.165) is 45.2 Å². The van der Waals surface area contributed by atoms with E-state index < -0.39 is 0 Å². The van der Waals surface area contributed by atoms with Crippen molar-refractivity contribution in [3.05, 3.63) is 0 Å². The summed E-state index contributed by atoms with van der Waals surface area (Å²) < 4.78 is 0. The van der Waals surface area contributed by atoms with Crippen LogP contribution in [0, 0.1) is 0 Å². The molecule has 0 atom stereocenters. The van der Waals surface area contributed by atoms with E-state index in [-0.39, 0.29) is 5.54 Å². The first-order valence-electron chi connectivity index (χ1n) is 5.12. The maximum Gasteiger partial charge on any atom is 0.207 e. The van der Waals surface area contributed by atoms with Crippen LogP contribution < -0.4 is 5.32 Å². The van der Waals surface area contributed by atoms with Crippen LogP contribution in [0.15, 0.2) is 0 Å². The van der Waals surface area contributed by atoms with Gasteiger partial charge in [0.25, 0.3) is 0 Å². The van der Waals surface area contributed by atoms with Gasteiger partial charge >= 0.3 is 0 Å². The van der Waals surface area contributed by atoms with Gasteiger partial charge in [0.2, 0.25) is 6.41 Å². The zero-order valence-electron chi connectivity index (χ0n) is 8.68. The first-order valence-corrected chi connectivity index (χ1v) is 5.12. The van der Waals surface area contributed by atoms with E-state index in [2.05, 4.69) is 24.2 Å². The number of hydrogen-bond donors (Lipinski definition) is 1. The Labute approximate surface area is 80.5 Å². The SMILES string of the molecule is CCCC1(NC=O)CCN(C)CC1. The van der Waals surface area contributed by atoms with Gasteiger partial charge in [0.1, 0.15) is 0 Å². The van der Waals surface area contributed by atoms with Crippen LogP contribution in [0.1, 0.15) is 32.6 Å². The molecule has 3 nitrogen and oxygen atoms in total. The third-order valence-corrected chi connectivity index (χ3v) is 3.04. The zero-order chi connectivity index (χ0) is 9.73. The zero-order valence-corrected chi connectivity index (χ0v) is 8.68. The van der Waals surface area contributed by atoms with Crippen molar-refractivity contribution < 1.29 is 4.79 Å². The lowest BCUT2D eigenvalue weighted by Crippen LogP contribution is -2.52. The molecular formula is C10H20N2O. The fourth-order valence-corrected chi connectivity index (χ4v) is 2.12. The summed E-state index contributed by atoms with van der Waals surface area (Å²) in [5.41, 5.74) is 0.100. The van der Waals surface area contributed by atoms with Crippen molar-refractivity contribution in [2.45, 2.75) is 38.1 Å². The van der Waals surface area contributed by atoms with Crippen LogP contribution in [0.5, 0.6) is 0 Å². The molecule has 3 heteroatoms. The van der Waals surface area contributed by atoms with Gasteiger partial charge in [-0.05, 0) is 26.3 Å². The molecule has 0 saturated carbocycles. The van der Waals surface area contributed by atoms with E-state index >= 15 is 0 Å². The van der Waals surface area contributed by atoms with Gasteiger partial charge < -0.3 is 10.2 Å². The van der Waals surface area contributed by atoms with E-state index in [4.69, 9.17) is 0 Å². The molecule has 1 aliphatic rings. The van der Waals surface area contributed by atoms with Gasteiger partial charge in [-0.2, -0.15) is 0 Å². The standard InChI is InChI=1S/C10H20N2O/c1-3-4-10(11-9-13)5-7-12(2)8-6-10/h9H,3-8H2,1-2H3,(H,11,13). The molecule has 0 radical (unpaired) electrons. The molecule has 1 aliphatic heterocycles. The molecule has 0 bridgehead atoms. The average molecular weight is 184 g/mol. The summed E-state index contributed by atoms with van der Waals surface area (Å²) in [6.07, 6.45) is 5.30. The largest absolute Gasteiger partial charge is 0.353 e. The number of piperidine rings is 1. The molecule has 1 N–H and O–H groups in total. The van der Waals surface area contributed by atoms with Gasteiger partial charge in [-0.1, -0.05) is 13.3 Å². The van der Waals surface area contributed by atoms with Crippen LogP contribution in [0.25, 0.3) is 0 Å². The van der Waals surface area contributed by atoms with Gasteiger partial charge in [-0.15, -0.1) is 0 Å². The molecule has 0 spiro atoms. The predicted octanol–water partition coefficient (Wildman–Crippen LogP) is 0.997. The van der Waals surface area contributed by atoms with E-state index in [0.29, 0.717) is 0 Å². The minimum atomic E-state index is 0.100. The first kappa shape index (κ1) is 10.5. The minimum Gasteiger partial charge on any atom is -0.353 e. The first-order chi connectivity index (χ1) is 6.22. The number of rotatable bonds is 4. The summed E-state index contributed by atoms with van der Waals surface area (Å²) in [6.45, 7) is 4.37. The molecule has 1 heterocycles. The minimum absolute atomic E-state index is 0.100. The van der Waals surface area contributed by atoms with Crippen molar-refractivity contribution in [3.8, 4) is 0 Å². The third kappa shape index (κ3) is 2.69. The molecule has 0 aromatic carbocycles. The second-order valence-electron chi connectivity index (χ2n) is 4.10. The fraction of sp³-hybridized carbons (Fsp3) is 0.900. The number of carbonyl (C=O) groups excluding carboxylic acids is 1. The second-order valence-corrected chi connectivity index (χ2v) is 4.10. The Morgan fingerprint density at radius 3 is 2.54 bits per heavy atom. The molecule has 0 aromatic heterocycles. The van der Waals surface area contributed by atoms with E-state index in [1.165, 1.54) is 0 Å². The molecule has 0 unspecified atom stereocenters. The number of likely N-dealkylation sites (tertiary alicyclic amines) is 1. The summed E-state index contributed by atoms with van der Waals surface area (Å²) in [5, 5.41) is 3.01. The van der Waals surface area contributed by atoms with Crippen molar-refractivity contribution in [3.63, 3.8) is 0 Å². The predicted molar refractivity (Wildman–Crippen MR) is 53.6 cm³/mol. The van der Waals surface area contributed by atoms with E-state index in [1.54, 1.807) is 0 Å². The van der Waals surface area contributed by atoms with Crippen molar-refractivity contribution in [2.75, 3.05) is 20.1 Å². The Morgan fingerprint density at radius 1 is 1.46 bits per heavy atom. The molecule has 1 saturated heterocycles. The maximum atomic E-state index is 10.5. The summed E-state index contributed by atoms with van der Waals surface area (Å²) in [4.78, 5) is 12.8. The average Bonchev–Trinajstić information content (AvgIpc) is 2.11. The molecule has 13 heavy (non-hydrogen) atoms. The normalized spacial score (nSPS) is 22.6. The Kier molecular flexibility index (Phi) is 3.72. The number of nitrogens with zero attached hydrogens (tertiary/aromatic N) is 1. The fourth-order valence-electron chi connectivity index (χ4n) is 2.12. The van der Waals surface area contributed by atoms with Crippen molar-refractivity contribution in [1.82, 2.24) is 10.2 Å². The molecular weight excluding hydrogens is 164 g/mol. The number of nitrogens with one attached hydrogen (secondary N) is 1. The Hall–Kier alpha value is -0.570. The lowest BCUT2D eigenvalue weighted by Gasteiger charge is -2.40. The van der Waals surface area contributed by atoms with Gasteiger partial charge in [-0.25, -0.2) is 0 Å². The number of hydrogen-bond acceptors (Lipinski definition) is 2. The van der Waals surface area contributed by atoms with Crippen molar-refractivity contribution in [1.29, 1.82) is 0 Å². The highest BCUT2D eigenvalue weighted by Crippen LogP contribution is 2.25. The van der Waals surface area contributed by atoms with Crippen LogP contribution in [0.3, 0.4) is 0 Å². The third-order valence-electron chi connectivity index (χ3n) is 3.04. The van der Waals surface area contributed by atoms with Gasteiger partial charge in [-0.3, -0.25) is 4.79 Å². The Balaban J connectivity index is 2.51. The smallest absolute Gasteiger partial charge is 0.207 e. The topological polar surface area (TPSA) is 32.3 Å². The Bertz CT molecular complexity index is 162. The number of amides is 1. The van der Waals surface area contributed by atoms with Gasteiger partial charge in [0, 0.05) is 18.6 Å². The highest BCUT2D eigenvalue weighted by Gasteiger charge is 2.31. The molecule has 1 amide bonds. The van der Waals surface area contributed by atoms with Crippen LogP contribution in [0.2, 0.25) is 0 Å². The lowest BCUT2D eigenvalue weighted by atomic mass is 9.84. The van der Waals surface area contributed by atoms with E-state index in [1.807, 2.05) is 0 Å². The monoisotopic (exact) mass is 184 g/mol. The number of carbonyl (C=O) groups is 1. The van der Waals surface area contributed by atoms with Crippen LogP contribution in [-0.2, 0) is 4.79 Å². The molecule has 1 fully saturated rings. The summed E-state index contributed by atoms with van der Waals surface area (Å²) >= 11 is 0. The molecule has 76 valence electrons. The quantitative estimate of drug-likeness (QED) is 0.661. The van der Waals surface area contributed by atoms with Gasteiger partial charge in [0.05, 0.1) is 0 Å². The van der Waals surface area contributed by atoms with Crippen LogP contribution in [-0.4, -0.2) is 37.0 Å². The Morgan fingerprint density at radius 2 is 2.08 bits per heavy atom. The second kappa shape index (κ2) is 4.61.